The number of hydrogen-bond donors (Lipinski definition) is 0. The number of hydrogen-bond acceptors (Lipinski definition) is 1. The minimum absolute atomic E-state index is 0. The monoisotopic (exact) mass is 319 g/mol. The summed E-state index contributed by atoms with van der Waals surface area (Å²) in [5, 5.41) is 2.14. The van der Waals surface area contributed by atoms with Crippen LogP contribution >= 0.6 is 32.9 Å². The summed E-state index contributed by atoms with van der Waals surface area (Å²) in [5.74, 6) is -0.208. The van der Waals surface area contributed by atoms with E-state index < -0.39 is 0 Å². The summed E-state index contributed by atoms with van der Waals surface area (Å²) >= 11 is 3.30. The van der Waals surface area contributed by atoms with Gasteiger partial charge in [-0.3, -0.25) is 4.98 Å². The fourth-order valence-electron chi connectivity index (χ4n) is 1.29. The smallest absolute Gasteiger partial charge is 0.132 e. The molecule has 0 N–H and O–H groups in total. The van der Waals surface area contributed by atoms with Gasteiger partial charge in [0, 0.05) is 23.1 Å². The van der Waals surface area contributed by atoms with Gasteiger partial charge in [0.2, 0.25) is 0 Å². The summed E-state index contributed by atoms with van der Waals surface area (Å²) in [4.78, 5) is 3.88. The Balaban J connectivity index is 0.000000980. The number of rotatable bonds is 1. The molecule has 0 spiro atoms. The fraction of sp³-hybridized carbons (Fsp3) is 0.100. The molecule has 2 aromatic rings. The van der Waals surface area contributed by atoms with Gasteiger partial charge in [-0.25, -0.2) is 4.39 Å². The van der Waals surface area contributed by atoms with Crippen LogP contribution in [0.1, 0.15) is 5.56 Å². The summed E-state index contributed by atoms with van der Waals surface area (Å²) in [7, 11) is 0. The second-order valence-electron chi connectivity index (χ2n) is 2.81. The third-order valence-corrected chi connectivity index (χ3v) is 2.57. The lowest BCUT2D eigenvalue weighted by Gasteiger charge is -2.01. The van der Waals surface area contributed by atoms with Crippen LogP contribution in [0.3, 0.4) is 0 Å². The van der Waals surface area contributed by atoms with Crippen LogP contribution in [0.2, 0.25) is 0 Å². The normalized spacial score (nSPS) is 9.86. The molecule has 0 atom stereocenters. The molecule has 1 aromatic carbocycles. The molecule has 0 amide bonds. The van der Waals surface area contributed by atoms with Gasteiger partial charge in [0.25, 0.3) is 0 Å². The second kappa shape index (κ2) is 4.84. The van der Waals surface area contributed by atoms with E-state index in [0.717, 1.165) is 10.9 Å². The molecule has 14 heavy (non-hydrogen) atoms. The molecule has 0 saturated carbocycles. The summed E-state index contributed by atoms with van der Waals surface area (Å²) in [6.07, 6.45) is 3.21. The molecule has 0 aliphatic heterocycles. The minimum Gasteiger partial charge on any atom is -0.264 e. The van der Waals surface area contributed by atoms with Gasteiger partial charge in [-0.15, -0.1) is 17.0 Å². The van der Waals surface area contributed by atoms with E-state index in [-0.39, 0.29) is 22.8 Å². The van der Waals surface area contributed by atoms with Crippen LogP contribution in [-0.2, 0) is 5.33 Å². The zero-order valence-electron chi connectivity index (χ0n) is 7.21. The highest BCUT2D eigenvalue weighted by Crippen LogP contribution is 2.19. The topological polar surface area (TPSA) is 12.9 Å². The molecule has 0 bridgehead atoms. The molecule has 0 saturated heterocycles. The first kappa shape index (κ1) is 11.6. The van der Waals surface area contributed by atoms with Crippen molar-refractivity contribution >= 4 is 43.7 Å². The Morgan fingerprint density at radius 3 is 2.86 bits per heavy atom. The number of alkyl halides is 1. The van der Waals surface area contributed by atoms with Crippen LogP contribution in [0.25, 0.3) is 10.8 Å². The quantitative estimate of drug-likeness (QED) is 0.727. The molecular formula is C10H8Br2FN. The number of pyridine rings is 1. The van der Waals surface area contributed by atoms with Crippen molar-refractivity contribution in [2.45, 2.75) is 5.33 Å². The first-order valence-electron chi connectivity index (χ1n) is 3.89. The molecule has 2 rings (SSSR count). The summed E-state index contributed by atoms with van der Waals surface area (Å²) in [6, 6.07) is 5.29. The van der Waals surface area contributed by atoms with E-state index in [9.17, 15) is 4.39 Å². The van der Waals surface area contributed by atoms with Crippen LogP contribution < -0.4 is 0 Å². The van der Waals surface area contributed by atoms with Crippen molar-refractivity contribution in [2.75, 3.05) is 0 Å². The van der Waals surface area contributed by atoms with Gasteiger partial charge in [0.15, 0.2) is 0 Å². The van der Waals surface area contributed by atoms with Crippen molar-refractivity contribution in [3.63, 3.8) is 0 Å². The van der Waals surface area contributed by atoms with Gasteiger partial charge >= 0.3 is 0 Å². The molecule has 0 unspecified atom stereocenters. The maximum atomic E-state index is 13.4. The molecule has 4 heteroatoms. The molecule has 0 aliphatic carbocycles. The summed E-state index contributed by atoms with van der Waals surface area (Å²) < 4.78 is 13.4. The average molecular weight is 321 g/mol. The van der Waals surface area contributed by atoms with Crippen LogP contribution in [0.5, 0.6) is 0 Å². The standard InChI is InChI=1S/C10H7BrFN.BrH/c11-5-7-3-8-1-2-13-6-9(8)10(12)4-7;/h1-4,6H,5H2;1H. The lowest BCUT2D eigenvalue weighted by molar-refractivity contribution is 0.638. The van der Waals surface area contributed by atoms with Crippen molar-refractivity contribution in [1.82, 2.24) is 4.98 Å². The van der Waals surface area contributed by atoms with E-state index >= 15 is 0 Å². The van der Waals surface area contributed by atoms with Gasteiger partial charge < -0.3 is 0 Å². The van der Waals surface area contributed by atoms with Gasteiger partial charge in [-0.1, -0.05) is 15.9 Å². The Morgan fingerprint density at radius 2 is 2.14 bits per heavy atom. The second-order valence-corrected chi connectivity index (χ2v) is 3.37. The number of aromatic nitrogens is 1. The van der Waals surface area contributed by atoms with Gasteiger partial charge in [-0.2, -0.15) is 0 Å². The molecule has 74 valence electrons. The molecular weight excluding hydrogens is 313 g/mol. The van der Waals surface area contributed by atoms with Crippen LogP contribution in [-0.4, -0.2) is 4.98 Å². The fourth-order valence-corrected chi connectivity index (χ4v) is 1.61. The molecule has 1 aromatic heterocycles. The third-order valence-electron chi connectivity index (χ3n) is 1.92. The number of halogens is 3. The summed E-state index contributed by atoms with van der Waals surface area (Å²) in [6.45, 7) is 0. The van der Waals surface area contributed by atoms with Crippen molar-refractivity contribution in [3.8, 4) is 0 Å². The summed E-state index contributed by atoms with van der Waals surface area (Å²) in [5.41, 5.74) is 0.941. The van der Waals surface area contributed by atoms with E-state index in [2.05, 4.69) is 20.9 Å². The van der Waals surface area contributed by atoms with Gasteiger partial charge in [0.05, 0.1) is 0 Å². The maximum absolute atomic E-state index is 13.4. The predicted octanol–water partition coefficient (Wildman–Crippen LogP) is 3.85. The Hall–Kier alpha value is -0.480. The molecule has 1 heterocycles. The lowest BCUT2D eigenvalue weighted by atomic mass is 10.1. The van der Waals surface area contributed by atoms with Crippen molar-refractivity contribution in [2.24, 2.45) is 0 Å². The van der Waals surface area contributed by atoms with Crippen LogP contribution in [0.4, 0.5) is 4.39 Å². The average Bonchev–Trinajstić information content (AvgIpc) is 2.18. The number of nitrogens with zero attached hydrogens (tertiary/aromatic N) is 1. The van der Waals surface area contributed by atoms with E-state index in [0.29, 0.717) is 10.7 Å². The maximum Gasteiger partial charge on any atom is 0.132 e. The Kier molecular flexibility index (Phi) is 4.01. The van der Waals surface area contributed by atoms with Crippen molar-refractivity contribution in [1.29, 1.82) is 0 Å². The highest BCUT2D eigenvalue weighted by molar-refractivity contribution is 9.08. The first-order chi connectivity index (χ1) is 6.31. The molecule has 1 nitrogen and oxygen atoms in total. The van der Waals surface area contributed by atoms with Crippen LogP contribution in [0, 0.1) is 5.82 Å². The van der Waals surface area contributed by atoms with E-state index in [4.69, 9.17) is 0 Å². The van der Waals surface area contributed by atoms with Gasteiger partial charge in [-0.05, 0) is 29.1 Å². The molecule has 0 fully saturated rings. The van der Waals surface area contributed by atoms with E-state index in [1.54, 1.807) is 12.4 Å². The van der Waals surface area contributed by atoms with Crippen LogP contribution in [0.15, 0.2) is 30.6 Å². The third kappa shape index (κ3) is 2.12. The number of fused-ring (bicyclic) bond motifs is 1. The Bertz CT molecular complexity index is 445. The highest BCUT2D eigenvalue weighted by atomic mass is 79.9. The molecule has 0 radical (unpaired) electrons. The number of benzene rings is 1. The lowest BCUT2D eigenvalue weighted by Crippen LogP contribution is -1.85. The largest absolute Gasteiger partial charge is 0.264 e. The zero-order valence-corrected chi connectivity index (χ0v) is 10.5. The van der Waals surface area contributed by atoms with E-state index in [1.807, 2.05) is 12.1 Å². The van der Waals surface area contributed by atoms with E-state index in [1.165, 1.54) is 6.07 Å². The highest BCUT2D eigenvalue weighted by Gasteiger charge is 2.02. The first-order valence-corrected chi connectivity index (χ1v) is 5.01. The SMILES string of the molecule is Br.Fc1cc(CBr)cc2ccncc12. The Labute approximate surface area is 100 Å². The zero-order chi connectivity index (χ0) is 9.26. The van der Waals surface area contributed by atoms with Crippen molar-refractivity contribution < 1.29 is 4.39 Å². The predicted molar refractivity (Wildman–Crippen MR) is 64.7 cm³/mol. The minimum atomic E-state index is -0.208. The molecule has 0 aliphatic rings. The van der Waals surface area contributed by atoms with Crippen molar-refractivity contribution in [3.05, 3.63) is 42.0 Å². The van der Waals surface area contributed by atoms with Gasteiger partial charge in [0.1, 0.15) is 5.82 Å². The Morgan fingerprint density at radius 1 is 1.36 bits per heavy atom.